The predicted molar refractivity (Wildman–Crippen MR) is 119 cm³/mol. The maximum absolute atomic E-state index is 12.5. The number of carbonyl (C=O) groups is 2. The van der Waals surface area contributed by atoms with E-state index in [1.54, 1.807) is 41.6 Å². The number of nitrogens with one attached hydrogen (secondary N) is 1. The van der Waals surface area contributed by atoms with Crippen molar-refractivity contribution in [3.63, 3.8) is 0 Å². The summed E-state index contributed by atoms with van der Waals surface area (Å²) in [6, 6.07) is 9.29. The molecule has 0 fully saturated rings. The molecule has 0 saturated heterocycles. The molecule has 162 valence electrons. The number of rotatable bonds is 6. The number of pyridine rings is 1. The van der Waals surface area contributed by atoms with E-state index in [0.29, 0.717) is 30.3 Å². The Kier molecular flexibility index (Phi) is 6.63. The molecule has 8 nitrogen and oxygen atoms in total. The van der Waals surface area contributed by atoms with Crippen LogP contribution < -0.4 is 5.32 Å². The van der Waals surface area contributed by atoms with Crippen LogP contribution in [0.4, 0.5) is 9.80 Å². The van der Waals surface area contributed by atoms with Crippen LogP contribution in [0.5, 0.6) is 0 Å². The number of fused-ring (bicyclic) bond motifs is 1. The summed E-state index contributed by atoms with van der Waals surface area (Å²) in [6.07, 6.45) is 8.20. The van der Waals surface area contributed by atoms with Crippen molar-refractivity contribution in [2.24, 2.45) is 0 Å². The first kappa shape index (κ1) is 21.3. The number of amides is 2. The van der Waals surface area contributed by atoms with Gasteiger partial charge >= 0.3 is 6.09 Å². The molecule has 0 spiro atoms. The molecule has 3 aromatic rings. The molecule has 4 rings (SSSR count). The standard InChI is InChI=1S/C23H20N4O4S/c24-9-7-19-18-8-11-27(23(29)31-15-16-3-1-10-25-13-16)14-20(18)32-22(19)26-21(28)6-5-17-4-2-12-30-17/h1-6,10,12-13H,7-8,11,14-15H2,(H,26,28)/b6-5+. The summed E-state index contributed by atoms with van der Waals surface area (Å²) >= 11 is 1.39. The third kappa shape index (κ3) is 5.04. The Morgan fingerprint density at radius 1 is 1.38 bits per heavy atom. The minimum atomic E-state index is -0.401. The van der Waals surface area contributed by atoms with Gasteiger partial charge in [0.2, 0.25) is 5.91 Å². The van der Waals surface area contributed by atoms with Crippen LogP contribution in [0.3, 0.4) is 0 Å². The number of ether oxygens (including phenoxy) is 1. The average Bonchev–Trinajstić information content (AvgIpc) is 3.45. The number of carbonyl (C=O) groups excluding carboxylic acids is 2. The van der Waals surface area contributed by atoms with Gasteiger partial charge in [-0.25, -0.2) is 4.79 Å². The summed E-state index contributed by atoms with van der Waals surface area (Å²) in [5.41, 5.74) is 2.66. The zero-order chi connectivity index (χ0) is 22.3. The monoisotopic (exact) mass is 448 g/mol. The van der Waals surface area contributed by atoms with Crippen LogP contribution in [0.2, 0.25) is 0 Å². The van der Waals surface area contributed by atoms with Crippen molar-refractivity contribution in [3.05, 3.63) is 76.3 Å². The van der Waals surface area contributed by atoms with E-state index in [4.69, 9.17) is 9.15 Å². The highest BCUT2D eigenvalue weighted by molar-refractivity contribution is 7.16. The van der Waals surface area contributed by atoms with E-state index >= 15 is 0 Å². The predicted octanol–water partition coefficient (Wildman–Crippen LogP) is 4.15. The van der Waals surface area contributed by atoms with E-state index in [9.17, 15) is 14.9 Å². The number of nitriles is 1. The lowest BCUT2D eigenvalue weighted by molar-refractivity contribution is -0.111. The summed E-state index contributed by atoms with van der Waals surface area (Å²) in [7, 11) is 0. The third-order valence-electron chi connectivity index (χ3n) is 4.94. The molecule has 1 aliphatic heterocycles. The number of hydrogen-bond donors (Lipinski definition) is 1. The zero-order valence-electron chi connectivity index (χ0n) is 17.1. The highest BCUT2D eigenvalue weighted by atomic mass is 32.1. The average molecular weight is 449 g/mol. The number of aromatic nitrogens is 1. The molecule has 0 aliphatic carbocycles. The second-order valence-electron chi connectivity index (χ2n) is 7.07. The fourth-order valence-electron chi connectivity index (χ4n) is 3.41. The zero-order valence-corrected chi connectivity index (χ0v) is 17.9. The van der Waals surface area contributed by atoms with E-state index < -0.39 is 6.09 Å². The Morgan fingerprint density at radius 3 is 3.03 bits per heavy atom. The maximum Gasteiger partial charge on any atom is 0.410 e. The van der Waals surface area contributed by atoms with Crippen LogP contribution in [0, 0.1) is 11.3 Å². The van der Waals surface area contributed by atoms with Gasteiger partial charge in [0, 0.05) is 41.0 Å². The molecule has 0 atom stereocenters. The van der Waals surface area contributed by atoms with Crippen LogP contribution in [0.25, 0.3) is 6.08 Å². The molecular formula is C23H20N4O4S. The first-order valence-electron chi connectivity index (χ1n) is 9.97. The normalized spacial score (nSPS) is 12.9. The fourth-order valence-corrected chi connectivity index (χ4v) is 4.69. The second-order valence-corrected chi connectivity index (χ2v) is 8.18. The topological polar surface area (TPSA) is 108 Å². The van der Waals surface area contributed by atoms with E-state index in [1.807, 2.05) is 6.07 Å². The first-order chi connectivity index (χ1) is 15.6. The lowest BCUT2D eigenvalue weighted by Crippen LogP contribution is -2.35. The number of thiophene rings is 1. The Hall–Kier alpha value is -3.90. The van der Waals surface area contributed by atoms with E-state index in [0.717, 1.165) is 21.6 Å². The van der Waals surface area contributed by atoms with Gasteiger partial charge in [0.15, 0.2) is 0 Å². The minimum absolute atomic E-state index is 0.156. The molecule has 0 bridgehead atoms. The maximum atomic E-state index is 12.5. The summed E-state index contributed by atoms with van der Waals surface area (Å²) in [6.45, 7) is 1.02. The SMILES string of the molecule is N#CCc1c(NC(=O)/C=C/c2ccco2)sc2c1CCN(C(=O)OCc1cccnc1)C2. The van der Waals surface area contributed by atoms with Crippen LogP contribution in [-0.4, -0.2) is 28.4 Å². The molecule has 32 heavy (non-hydrogen) atoms. The highest BCUT2D eigenvalue weighted by Gasteiger charge is 2.28. The van der Waals surface area contributed by atoms with Gasteiger partial charge in [0.25, 0.3) is 0 Å². The Balaban J connectivity index is 1.43. The quantitative estimate of drug-likeness (QED) is 0.568. The number of nitrogens with zero attached hydrogens (tertiary/aromatic N) is 3. The van der Waals surface area contributed by atoms with Gasteiger partial charge in [-0.15, -0.1) is 11.3 Å². The van der Waals surface area contributed by atoms with Crippen molar-refractivity contribution in [2.75, 3.05) is 11.9 Å². The van der Waals surface area contributed by atoms with Crippen LogP contribution >= 0.6 is 11.3 Å². The van der Waals surface area contributed by atoms with Crippen molar-refractivity contribution in [1.29, 1.82) is 5.26 Å². The van der Waals surface area contributed by atoms with Crippen LogP contribution in [0.15, 0.2) is 53.4 Å². The molecule has 0 radical (unpaired) electrons. The lowest BCUT2D eigenvalue weighted by Gasteiger charge is -2.26. The Labute approximate surface area is 188 Å². The van der Waals surface area contributed by atoms with Crippen LogP contribution in [-0.2, 0) is 35.5 Å². The van der Waals surface area contributed by atoms with Gasteiger partial charge in [-0.3, -0.25) is 9.78 Å². The van der Waals surface area contributed by atoms with E-state index in [2.05, 4.69) is 16.4 Å². The first-order valence-corrected chi connectivity index (χ1v) is 10.8. The molecule has 0 unspecified atom stereocenters. The summed E-state index contributed by atoms with van der Waals surface area (Å²) < 4.78 is 10.6. The summed E-state index contributed by atoms with van der Waals surface area (Å²) in [5.74, 6) is 0.259. The summed E-state index contributed by atoms with van der Waals surface area (Å²) in [4.78, 5) is 31.5. The molecule has 0 saturated carbocycles. The van der Waals surface area contributed by atoms with Crippen LogP contribution in [0.1, 0.15) is 27.3 Å². The fraction of sp³-hybridized carbons (Fsp3) is 0.217. The largest absolute Gasteiger partial charge is 0.465 e. The number of furan rings is 1. The second kappa shape index (κ2) is 9.94. The molecule has 1 N–H and O–H groups in total. The number of anilines is 1. The van der Waals surface area contributed by atoms with E-state index in [1.165, 1.54) is 23.7 Å². The lowest BCUT2D eigenvalue weighted by atomic mass is 10.0. The molecular weight excluding hydrogens is 428 g/mol. The van der Waals surface area contributed by atoms with Gasteiger partial charge in [0.1, 0.15) is 17.4 Å². The van der Waals surface area contributed by atoms with Crippen molar-refractivity contribution in [3.8, 4) is 6.07 Å². The molecule has 3 aromatic heterocycles. The minimum Gasteiger partial charge on any atom is -0.465 e. The highest BCUT2D eigenvalue weighted by Crippen LogP contribution is 2.37. The molecule has 9 heteroatoms. The Bertz CT molecular complexity index is 1160. The molecule has 4 heterocycles. The van der Waals surface area contributed by atoms with Gasteiger partial charge < -0.3 is 19.4 Å². The molecule has 0 aromatic carbocycles. The van der Waals surface area contributed by atoms with Gasteiger partial charge in [0.05, 0.1) is 25.3 Å². The molecule has 1 aliphatic rings. The van der Waals surface area contributed by atoms with Gasteiger partial charge in [-0.1, -0.05) is 6.07 Å². The van der Waals surface area contributed by atoms with E-state index in [-0.39, 0.29) is 18.9 Å². The van der Waals surface area contributed by atoms with Crippen molar-refractivity contribution in [1.82, 2.24) is 9.88 Å². The smallest absolute Gasteiger partial charge is 0.410 e. The van der Waals surface area contributed by atoms with Gasteiger partial charge in [-0.05, 0) is 36.3 Å². The van der Waals surface area contributed by atoms with Crippen molar-refractivity contribution < 1.29 is 18.7 Å². The van der Waals surface area contributed by atoms with Gasteiger partial charge in [-0.2, -0.15) is 5.26 Å². The third-order valence-corrected chi connectivity index (χ3v) is 6.12. The van der Waals surface area contributed by atoms with Crippen molar-refractivity contribution in [2.45, 2.75) is 26.0 Å². The number of hydrogen-bond acceptors (Lipinski definition) is 7. The van der Waals surface area contributed by atoms with Crippen molar-refractivity contribution >= 4 is 34.4 Å². The molecule has 2 amide bonds. The summed E-state index contributed by atoms with van der Waals surface area (Å²) in [5, 5.41) is 12.8. The Morgan fingerprint density at radius 2 is 2.28 bits per heavy atom.